The standard InChI is InChI=1S/C24H23F3N4O5/c1-13(2)20(22(33)34)31(3)21(32)19-12-18(30-36-19)14-7-9-16(10-8-14)28-23(35)29-17-6-4-5-15(11-17)24(25,26)27/h4-13,20H,1-3H3,(H,33,34)(H2,28,29,35). The summed E-state index contributed by atoms with van der Waals surface area (Å²) in [4.78, 5) is 37.4. The summed E-state index contributed by atoms with van der Waals surface area (Å²) in [5, 5.41) is 18.1. The van der Waals surface area contributed by atoms with Gasteiger partial charge in [-0.05, 0) is 36.2 Å². The van der Waals surface area contributed by atoms with Gasteiger partial charge in [0.25, 0.3) is 5.91 Å². The average Bonchev–Trinajstić information content (AvgIpc) is 3.28. The summed E-state index contributed by atoms with van der Waals surface area (Å²) in [7, 11) is 1.37. The quantitative estimate of drug-likeness (QED) is 0.407. The summed E-state index contributed by atoms with van der Waals surface area (Å²) in [5.74, 6) is -2.24. The molecular formula is C24H23F3N4O5. The maximum absolute atomic E-state index is 12.8. The molecule has 0 bridgehead atoms. The Balaban J connectivity index is 1.66. The van der Waals surface area contributed by atoms with Gasteiger partial charge in [0.15, 0.2) is 0 Å². The third-order valence-corrected chi connectivity index (χ3v) is 5.23. The Hall–Kier alpha value is -4.35. The SMILES string of the molecule is CC(C)C(C(=O)O)N(C)C(=O)c1cc(-c2ccc(NC(=O)Nc3cccc(C(F)(F)F)c3)cc2)no1. The topological polar surface area (TPSA) is 125 Å². The molecule has 0 aliphatic carbocycles. The fourth-order valence-electron chi connectivity index (χ4n) is 3.50. The molecule has 0 spiro atoms. The van der Waals surface area contributed by atoms with Gasteiger partial charge in [-0.1, -0.05) is 37.2 Å². The monoisotopic (exact) mass is 504 g/mol. The van der Waals surface area contributed by atoms with E-state index in [0.717, 1.165) is 17.0 Å². The zero-order chi connectivity index (χ0) is 26.6. The molecule has 0 radical (unpaired) electrons. The molecular weight excluding hydrogens is 481 g/mol. The number of hydrogen-bond acceptors (Lipinski definition) is 5. The normalized spacial score (nSPS) is 12.2. The van der Waals surface area contributed by atoms with E-state index in [9.17, 15) is 32.7 Å². The van der Waals surface area contributed by atoms with Crippen LogP contribution in [0.3, 0.4) is 0 Å². The van der Waals surface area contributed by atoms with E-state index in [-0.39, 0.29) is 17.4 Å². The highest BCUT2D eigenvalue weighted by Crippen LogP contribution is 2.30. The molecule has 0 fully saturated rings. The van der Waals surface area contributed by atoms with Crippen LogP contribution >= 0.6 is 0 Å². The van der Waals surface area contributed by atoms with Crippen molar-refractivity contribution in [3.63, 3.8) is 0 Å². The summed E-state index contributed by atoms with van der Waals surface area (Å²) in [6.45, 7) is 3.37. The van der Waals surface area contributed by atoms with Crippen LogP contribution in [0, 0.1) is 5.92 Å². The molecule has 3 amide bonds. The number of amides is 3. The van der Waals surface area contributed by atoms with Crippen molar-refractivity contribution >= 4 is 29.3 Å². The smallest absolute Gasteiger partial charge is 0.416 e. The van der Waals surface area contributed by atoms with Crippen LogP contribution in [0.25, 0.3) is 11.3 Å². The second-order valence-corrected chi connectivity index (χ2v) is 8.25. The molecule has 3 aromatic rings. The molecule has 0 aliphatic rings. The van der Waals surface area contributed by atoms with Gasteiger partial charge in [-0.3, -0.25) is 4.79 Å². The molecule has 9 nitrogen and oxygen atoms in total. The first kappa shape index (κ1) is 26.3. The van der Waals surface area contributed by atoms with Crippen molar-refractivity contribution in [1.82, 2.24) is 10.1 Å². The van der Waals surface area contributed by atoms with E-state index in [1.165, 1.54) is 37.4 Å². The highest BCUT2D eigenvalue weighted by atomic mass is 19.4. The number of hydrogen-bond donors (Lipinski definition) is 3. The van der Waals surface area contributed by atoms with Gasteiger partial charge in [-0.2, -0.15) is 13.2 Å². The number of carbonyl (C=O) groups is 3. The Kier molecular flexibility index (Phi) is 7.66. The number of benzene rings is 2. The Morgan fingerprint density at radius 1 is 1.00 bits per heavy atom. The number of nitrogens with zero attached hydrogens (tertiary/aromatic N) is 2. The number of alkyl halides is 3. The van der Waals surface area contributed by atoms with Crippen molar-refractivity contribution in [2.75, 3.05) is 17.7 Å². The molecule has 2 aromatic carbocycles. The van der Waals surface area contributed by atoms with Crippen LogP contribution in [0.5, 0.6) is 0 Å². The largest absolute Gasteiger partial charge is 0.480 e. The zero-order valence-corrected chi connectivity index (χ0v) is 19.5. The molecule has 1 heterocycles. The van der Waals surface area contributed by atoms with Crippen molar-refractivity contribution in [3.8, 4) is 11.3 Å². The minimum atomic E-state index is -4.53. The van der Waals surface area contributed by atoms with E-state index in [1.807, 2.05) is 0 Å². The van der Waals surface area contributed by atoms with E-state index in [4.69, 9.17) is 4.52 Å². The van der Waals surface area contributed by atoms with Crippen LogP contribution in [-0.4, -0.2) is 46.2 Å². The predicted octanol–water partition coefficient (Wildman–Crippen LogP) is 5.19. The van der Waals surface area contributed by atoms with Crippen LogP contribution < -0.4 is 10.6 Å². The van der Waals surface area contributed by atoms with Gasteiger partial charge in [0.05, 0.1) is 5.56 Å². The van der Waals surface area contributed by atoms with Gasteiger partial charge in [0, 0.05) is 30.1 Å². The van der Waals surface area contributed by atoms with Crippen molar-refractivity contribution in [1.29, 1.82) is 0 Å². The number of halogens is 3. The lowest BCUT2D eigenvalue weighted by atomic mass is 10.0. The number of urea groups is 1. The van der Waals surface area contributed by atoms with Crippen LogP contribution in [0.2, 0.25) is 0 Å². The molecule has 3 rings (SSSR count). The highest BCUT2D eigenvalue weighted by Gasteiger charge is 2.32. The molecule has 0 aliphatic heterocycles. The first-order chi connectivity index (χ1) is 16.9. The Morgan fingerprint density at radius 2 is 1.64 bits per heavy atom. The minimum Gasteiger partial charge on any atom is -0.480 e. The van der Waals surface area contributed by atoms with Crippen molar-refractivity contribution in [2.45, 2.75) is 26.1 Å². The molecule has 190 valence electrons. The van der Waals surface area contributed by atoms with Gasteiger partial charge in [0.1, 0.15) is 11.7 Å². The summed E-state index contributed by atoms with van der Waals surface area (Å²) < 4.78 is 43.6. The molecule has 1 unspecified atom stereocenters. The van der Waals surface area contributed by atoms with Crippen molar-refractivity contribution in [2.24, 2.45) is 5.92 Å². The van der Waals surface area contributed by atoms with Crippen LogP contribution in [0.4, 0.5) is 29.3 Å². The fraction of sp³-hybridized carbons (Fsp3) is 0.250. The van der Waals surface area contributed by atoms with Gasteiger partial charge in [-0.25, -0.2) is 9.59 Å². The van der Waals surface area contributed by atoms with Gasteiger partial charge in [-0.15, -0.1) is 0 Å². The number of likely N-dealkylation sites (N-methyl/N-ethyl adjacent to an activating group) is 1. The van der Waals surface area contributed by atoms with E-state index >= 15 is 0 Å². The van der Waals surface area contributed by atoms with Crippen molar-refractivity contribution < 1.29 is 37.2 Å². The summed E-state index contributed by atoms with van der Waals surface area (Å²) in [6, 6.07) is 10.1. The molecule has 1 atom stereocenters. The predicted molar refractivity (Wildman–Crippen MR) is 124 cm³/mol. The number of carbonyl (C=O) groups excluding carboxylic acids is 2. The van der Waals surface area contributed by atoms with Crippen LogP contribution in [0.15, 0.2) is 59.1 Å². The molecule has 0 saturated carbocycles. The third kappa shape index (κ3) is 6.20. The van der Waals surface area contributed by atoms with Crippen molar-refractivity contribution in [3.05, 3.63) is 65.9 Å². The Bertz CT molecular complexity index is 1260. The number of rotatable bonds is 7. The Labute approximate surface area is 203 Å². The number of nitrogens with one attached hydrogen (secondary N) is 2. The highest BCUT2D eigenvalue weighted by molar-refractivity contribution is 6.00. The molecule has 12 heteroatoms. The minimum absolute atomic E-state index is 0.0219. The number of carboxylic acid groups (broad SMARTS) is 1. The van der Waals surface area contributed by atoms with E-state index in [1.54, 1.807) is 26.0 Å². The summed E-state index contributed by atoms with van der Waals surface area (Å²) >= 11 is 0. The third-order valence-electron chi connectivity index (χ3n) is 5.23. The maximum Gasteiger partial charge on any atom is 0.416 e. The van der Waals surface area contributed by atoms with Gasteiger partial charge < -0.3 is 25.2 Å². The lowest BCUT2D eigenvalue weighted by molar-refractivity contribution is -0.143. The first-order valence-corrected chi connectivity index (χ1v) is 10.7. The number of aromatic nitrogens is 1. The van der Waals surface area contributed by atoms with E-state index < -0.39 is 35.7 Å². The molecule has 3 N–H and O–H groups in total. The fourth-order valence-corrected chi connectivity index (χ4v) is 3.50. The van der Waals surface area contributed by atoms with Gasteiger partial charge in [0.2, 0.25) is 5.76 Å². The zero-order valence-electron chi connectivity index (χ0n) is 19.5. The summed E-state index contributed by atoms with van der Waals surface area (Å²) in [6.07, 6.45) is -4.53. The first-order valence-electron chi connectivity index (χ1n) is 10.7. The molecule has 1 aromatic heterocycles. The van der Waals surface area contributed by atoms with Crippen LogP contribution in [-0.2, 0) is 11.0 Å². The second-order valence-electron chi connectivity index (χ2n) is 8.25. The number of carboxylic acids is 1. The Morgan fingerprint density at radius 3 is 2.22 bits per heavy atom. The molecule has 0 saturated heterocycles. The second kappa shape index (κ2) is 10.5. The number of aliphatic carboxylic acids is 1. The lowest BCUT2D eigenvalue weighted by Gasteiger charge is -2.26. The summed E-state index contributed by atoms with van der Waals surface area (Å²) in [5.41, 5.74) is 0.297. The molecule has 36 heavy (non-hydrogen) atoms. The van der Waals surface area contributed by atoms with E-state index in [2.05, 4.69) is 15.8 Å². The van der Waals surface area contributed by atoms with Gasteiger partial charge >= 0.3 is 18.2 Å². The van der Waals surface area contributed by atoms with Crippen LogP contribution in [0.1, 0.15) is 30.0 Å². The number of anilines is 2. The van der Waals surface area contributed by atoms with E-state index in [0.29, 0.717) is 16.9 Å². The lowest BCUT2D eigenvalue weighted by Crippen LogP contribution is -2.45. The maximum atomic E-state index is 12.8. The average molecular weight is 504 g/mol.